The van der Waals surface area contributed by atoms with E-state index >= 15 is 0 Å². The summed E-state index contributed by atoms with van der Waals surface area (Å²) in [4.78, 5) is 0. The van der Waals surface area contributed by atoms with Gasteiger partial charge in [0.2, 0.25) is 0 Å². The SMILES string of the molecule is F[B-](F)(F)[C@@]12COCCC[C@@H]1C2. The second-order valence-corrected chi connectivity index (χ2v) is 3.90. The van der Waals surface area contributed by atoms with E-state index in [1.807, 2.05) is 0 Å². The van der Waals surface area contributed by atoms with Crippen LogP contribution in [0.15, 0.2) is 0 Å². The van der Waals surface area contributed by atoms with E-state index < -0.39 is 12.3 Å². The molecule has 0 aromatic heterocycles. The molecule has 1 heterocycles. The van der Waals surface area contributed by atoms with Crippen LogP contribution in [0.25, 0.3) is 0 Å². The van der Waals surface area contributed by atoms with E-state index in [1.54, 1.807) is 0 Å². The molecule has 1 nitrogen and oxygen atoms in total. The van der Waals surface area contributed by atoms with Gasteiger partial charge >= 0.3 is 6.98 Å². The molecule has 1 saturated carbocycles. The molecule has 0 spiro atoms. The van der Waals surface area contributed by atoms with Gasteiger partial charge in [-0.3, -0.25) is 0 Å². The first kappa shape index (κ1) is 8.41. The van der Waals surface area contributed by atoms with E-state index in [4.69, 9.17) is 4.74 Å². The largest absolute Gasteiger partial charge is 0.486 e. The fraction of sp³-hybridized carbons (Fsp3) is 1.00. The van der Waals surface area contributed by atoms with E-state index in [0.29, 0.717) is 19.4 Å². The molecule has 5 heteroatoms. The third-order valence-corrected chi connectivity index (χ3v) is 3.14. The van der Waals surface area contributed by atoms with Crippen molar-refractivity contribution >= 4 is 6.98 Å². The fourth-order valence-electron chi connectivity index (χ4n) is 2.16. The number of halogens is 3. The summed E-state index contributed by atoms with van der Waals surface area (Å²) < 4.78 is 42.6. The molecule has 0 aromatic rings. The molecular weight excluding hydrogens is 168 g/mol. The van der Waals surface area contributed by atoms with E-state index in [2.05, 4.69) is 0 Å². The van der Waals surface area contributed by atoms with Crippen LogP contribution in [0, 0.1) is 5.92 Å². The van der Waals surface area contributed by atoms with Crippen molar-refractivity contribution in [2.45, 2.75) is 24.6 Å². The zero-order valence-corrected chi connectivity index (χ0v) is 6.73. The molecule has 70 valence electrons. The lowest BCUT2D eigenvalue weighted by molar-refractivity contribution is 0.125. The Bertz CT molecular complexity index is 194. The van der Waals surface area contributed by atoms with E-state index in [1.165, 1.54) is 0 Å². The minimum absolute atomic E-state index is 0.0822. The molecule has 2 aliphatic rings. The van der Waals surface area contributed by atoms with Crippen molar-refractivity contribution in [3.8, 4) is 0 Å². The van der Waals surface area contributed by atoms with Crippen molar-refractivity contribution in [1.82, 2.24) is 0 Å². The highest BCUT2D eigenvalue weighted by Gasteiger charge is 2.65. The molecule has 2 rings (SSSR count). The van der Waals surface area contributed by atoms with Gasteiger partial charge in [-0.15, -0.1) is 0 Å². The van der Waals surface area contributed by atoms with E-state index in [-0.39, 0.29) is 12.5 Å². The van der Waals surface area contributed by atoms with Gasteiger partial charge in [-0.25, -0.2) is 0 Å². The monoisotopic (exact) mass is 179 g/mol. The zero-order valence-electron chi connectivity index (χ0n) is 6.73. The van der Waals surface area contributed by atoms with Gasteiger partial charge in [-0.2, -0.15) is 0 Å². The maximum absolute atomic E-state index is 12.5. The second kappa shape index (κ2) is 2.40. The summed E-state index contributed by atoms with van der Waals surface area (Å²) in [6.07, 6.45) is 1.80. The Balaban J connectivity index is 2.12. The van der Waals surface area contributed by atoms with Gasteiger partial charge < -0.3 is 17.7 Å². The summed E-state index contributed by atoms with van der Waals surface area (Å²) in [6.45, 7) is -4.27. The standard InChI is InChI=1S/C7H11BF3O/c9-8(10,11)7-4-6(7)2-1-3-12-5-7/h6H,1-5H2/q-1/t6-,7+/m1/s1. The Morgan fingerprint density at radius 1 is 1.33 bits per heavy atom. The molecule has 2 atom stereocenters. The van der Waals surface area contributed by atoms with Crippen LogP contribution in [0.1, 0.15) is 19.3 Å². The highest BCUT2D eigenvalue weighted by Crippen LogP contribution is 2.69. The molecule has 1 aliphatic carbocycles. The van der Waals surface area contributed by atoms with Crippen molar-refractivity contribution in [2.75, 3.05) is 13.2 Å². The number of rotatable bonds is 1. The molecular formula is C7H11BF3O-. The van der Waals surface area contributed by atoms with Gasteiger partial charge in [0.25, 0.3) is 0 Å². The van der Waals surface area contributed by atoms with Gasteiger partial charge in [0, 0.05) is 13.2 Å². The van der Waals surface area contributed by atoms with E-state index in [0.717, 1.165) is 6.42 Å². The molecule has 1 saturated heterocycles. The minimum atomic E-state index is -4.69. The Labute approximate surface area is 69.3 Å². The highest BCUT2D eigenvalue weighted by atomic mass is 19.4. The quantitative estimate of drug-likeness (QED) is 0.561. The third kappa shape index (κ3) is 1.06. The molecule has 0 bridgehead atoms. The molecule has 12 heavy (non-hydrogen) atoms. The Kier molecular flexibility index (Phi) is 1.69. The van der Waals surface area contributed by atoms with Crippen molar-refractivity contribution in [3.05, 3.63) is 0 Å². The summed E-state index contributed by atoms with van der Waals surface area (Å²) >= 11 is 0. The predicted molar refractivity (Wildman–Crippen MR) is 39.9 cm³/mol. The average molecular weight is 179 g/mol. The normalized spacial score (nSPS) is 41.8. The number of hydrogen-bond donors (Lipinski definition) is 0. The molecule has 1 aliphatic heterocycles. The van der Waals surface area contributed by atoms with Crippen LogP contribution in [0.3, 0.4) is 0 Å². The maximum Gasteiger partial charge on any atom is 0.486 e. The lowest BCUT2D eigenvalue weighted by Crippen LogP contribution is -2.30. The highest BCUT2D eigenvalue weighted by molar-refractivity contribution is 6.63. The van der Waals surface area contributed by atoms with Crippen LogP contribution in [0.5, 0.6) is 0 Å². The zero-order chi connectivity index (χ0) is 8.82. The molecule has 0 N–H and O–H groups in total. The Hall–Kier alpha value is -0.185. The first-order valence-electron chi connectivity index (χ1n) is 4.33. The molecule has 0 amide bonds. The summed E-state index contributed by atoms with van der Waals surface area (Å²) in [6, 6.07) is 0. The second-order valence-electron chi connectivity index (χ2n) is 3.90. The molecule has 0 unspecified atom stereocenters. The topological polar surface area (TPSA) is 9.23 Å². The predicted octanol–water partition coefficient (Wildman–Crippen LogP) is 2.40. The maximum atomic E-state index is 12.5. The van der Waals surface area contributed by atoms with Gasteiger partial charge in [0.05, 0.1) is 0 Å². The van der Waals surface area contributed by atoms with Crippen molar-refractivity contribution in [1.29, 1.82) is 0 Å². The Morgan fingerprint density at radius 3 is 2.75 bits per heavy atom. The van der Waals surface area contributed by atoms with Gasteiger partial charge in [0.15, 0.2) is 0 Å². The van der Waals surface area contributed by atoms with Crippen LogP contribution in [0.4, 0.5) is 12.9 Å². The van der Waals surface area contributed by atoms with Crippen LogP contribution >= 0.6 is 0 Å². The summed E-state index contributed by atoms with van der Waals surface area (Å²) in [5.74, 6) is -0.125. The number of hydrogen-bond acceptors (Lipinski definition) is 1. The first-order valence-corrected chi connectivity index (χ1v) is 4.33. The van der Waals surface area contributed by atoms with Crippen molar-refractivity contribution in [2.24, 2.45) is 5.92 Å². The number of ether oxygens (including phenoxy) is 1. The fourth-order valence-corrected chi connectivity index (χ4v) is 2.16. The van der Waals surface area contributed by atoms with Gasteiger partial charge in [0.1, 0.15) is 0 Å². The van der Waals surface area contributed by atoms with Gasteiger partial charge in [-0.05, 0) is 11.7 Å². The van der Waals surface area contributed by atoms with Crippen molar-refractivity contribution in [3.63, 3.8) is 0 Å². The summed E-state index contributed by atoms with van der Waals surface area (Å²) in [7, 11) is 0. The number of fused-ring (bicyclic) bond motifs is 1. The smallest absolute Gasteiger partial charge is 0.448 e. The average Bonchev–Trinajstić information content (AvgIpc) is 2.55. The van der Waals surface area contributed by atoms with Crippen LogP contribution < -0.4 is 0 Å². The molecule has 0 radical (unpaired) electrons. The van der Waals surface area contributed by atoms with Crippen LogP contribution in [-0.4, -0.2) is 20.2 Å². The summed E-state index contributed by atoms with van der Waals surface area (Å²) in [5.41, 5.74) is 0. The van der Waals surface area contributed by atoms with Crippen LogP contribution in [0.2, 0.25) is 5.31 Å². The third-order valence-electron chi connectivity index (χ3n) is 3.14. The first-order chi connectivity index (χ1) is 5.56. The molecule has 2 fully saturated rings. The minimum Gasteiger partial charge on any atom is -0.448 e. The Morgan fingerprint density at radius 2 is 2.08 bits per heavy atom. The van der Waals surface area contributed by atoms with Crippen LogP contribution in [-0.2, 0) is 4.74 Å². The molecule has 0 aromatic carbocycles. The van der Waals surface area contributed by atoms with Gasteiger partial charge in [-0.1, -0.05) is 18.8 Å². The van der Waals surface area contributed by atoms with E-state index in [9.17, 15) is 12.9 Å². The lowest BCUT2D eigenvalue weighted by atomic mass is 9.67. The summed E-state index contributed by atoms with van der Waals surface area (Å²) in [5, 5.41) is -1.39. The lowest BCUT2D eigenvalue weighted by Gasteiger charge is -2.26. The van der Waals surface area contributed by atoms with Crippen molar-refractivity contribution < 1.29 is 17.7 Å².